The van der Waals surface area contributed by atoms with Crippen molar-refractivity contribution in [1.29, 1.82) is 0 Å². The van der Waals surface area contributed by atoms with Crippen molar-refractivity contribution in [2.45, 2.75) is 19.3 Å². The Kier molecular flexibility index (Phi) is 4.20. The van der Waals surface area contributed by atoms with Gasteiger partial charge in [0.05, 0.1) is 5.69 Å². The minimum atomic E-state index is 0.345. The molecule has 1 N–H and O–H groups in total. The molecule has 7 heteroatoms. The maximum absolute atomic E-state index is 4.69. The van der Waals surface area contributed by atoms with E-state index in [-0.39, 0.29) is 0 Å². The van der Waals surface area contributed by atoms with Gasteiger partial charge in [-0.15, -0.1) is 0 Å². The van der Waals surface area contributed by atoms with Gasteiger partial charge in [-0.1, -0.05) is 6.07 Å². The van der Waals surface area contributed by atoms with Crippen LogP contribution in [-0.2, 0) is 0 Å². The molecule has 3 aromatic heterocycles. The highest BCUT2D eigenvalue weighted by Crippen LogP contribution is 2.28. The summed E-state index contributed by atoms with van der Waals surface area (Å²) in [4.78, 5) is 24.2. The van der Waals surface area contributed by atoms with Crippen LogP contribution < -0.4 is 10.2 Å². The average Bonchev–Trinajstić information content (AvgIpc) is 3.15. The minimum Gasteiger partial charge on any atom is -0.340 e. The Balaban J connectivity index is 1.50. The Hall–Kier alpha value is -3.09. The lowest BCUT2D eigenvalue weighted by molar-refractivity contribution is 0.739. The first-order valence-corrected chi connectivity index (χ1v) is 8.33. The number of rotatable bonds is 4. The van der Waals surface area contributed by atoms with Gasteiger partial charge in [0, 0.05) is 43.8 Å². The second kappa shape index (κ2) is 6.80. The fraction of sp³-hybridized carbons (Fsp3) is 0.278. The van der Waals surface area contributed by atoms with Gasteiger partial charge in [-0.2, -0.15) is 0 Å². The highest BCUT2D eigenvalue weighted by atomic mass is 15.3. The van der Waals surface area contributed by atoms with E-state index in [1.54, 1.807) is 24.8 Å². The molecular weight excluding hydrogens is 314 g/mol. The zero-order chi connectivity index (χ0) is 17.1. The highest BCUT2D eigenvalue weighted by Gasteiger charge is 2.26. The normalized spacial score (nSPS) is 16.8. The number of anilines is 3. The van der Waals surface area contributed by atoms with Gasteiger partial charge in [-0.25, -0.2) is 24.9 Å². The number of nitrogens with zero attached hydrogens (tertiary/aromatic N) is 6. The van der Waals surface area contributed by atoms with Crippen LogP contribution in [-0.4, -0.2) is 38.0 Å². The molecule has 4 heterocycles. The van der Waals surface area contributed by atoms with Crippen molar-refractivity contribution in [3.05, 3.63) is 60.3 Å². The number of pyridine rings is 1. The zero-order valence-electron chi connectivity index (χ0n) is 14.0. The molecular formula is C18H19N7. The van der Waals surface area contributed by atoms with Crippen molar-refractivity contribution in [1.82, 2.24) is 24.9 Å². The first-order valence-electron chi connectivity index (χ1n) is 8.33. The third kappa shape index (κ3) is 3.40. The third-order valence-electron chi connectivity index (χ3n) is 4.36. The molecule has 126 valence electrons. The molecule has 0 spiro atoms. The SMILES string of the molecule is Cc1cccnc1Nc1nccc([C@H]2CCN(c3ncccn3)C2)n1. The van der Waals surface area contributed by atoms with E-state index in [9.17, 15) is 0 Å². The predicted octanol–water partition coefficient (Wildman–Crippen LogP) is 2.71. The summed E-state index contributed by atoms with van der Waals surface area (Å²) in [5.41, 5.74) is 2.09. The van der Waals surface area contributed by atoms with Gasteiger partial charge in [-0.05, 0) is 37.1 Å². The Bertz CT molecular complexity index is 853. The van der Waals surface area contributed by atoms with Gasteiger partial charge in [0.2, 0.25) is 11.9 Å². The summed E-state index contributed by atoms with van der Waals surface area (Å²) >= 11 is 0. The first kappa shape index (κ1) is 15.4. The van der Waals surface area contributed by atoms with Crippen LogP contribution in [0.5, 0.6) is 0 Å². The van der Waals surface area contributed by atoms with E-state index < -0.39 is 0 Å². The topological polar surface area (TPSA) is 79.7 Å². The highest BCUT2D eigenvalue weighted by molar-refractivity contribution is 5.52. The van der Waals surface area contributed by atoms with E-state index in [1.165, 1.54) is 0 Å². The van der Waals surface area contributed by atoms with E-state index in [4.69, 9.17) is 0 Å². The zero-order valence-corrected chi connectivity index (χ0v) is 14.0. The van der Waals surface area contributed by atoms with Crippen LogP contribution in [0.15, 0.2) is 49.1 Å². The summed E-state index contributed by atoms with van der Waals surface area (Å²) < 4.78 is 0. The molecule has 0 aliphatic carbocycles. The molecule has 1 fully saturated rings. The molecule has 1 saturated heterocycles. The van der Waals surface area contributed by atoms with E-state index in [1.807, 2.05) is 31.2 Å². The molecule has 4 rings (SSSR count). The van der Waals surface area contributed by atoms with Gasteiger partial charge in [0.25, 0.3) is 0 Å². The minimum absolute atomic E-state index is 0.345. The fourth-order valence-electron chi connectivity index (χ4n) is 3.02. The summed E-state index contributed by atoms with van der Waals surface area (Å²) in [5.74, 6) is 2.48. The Morgan fingerprint density at radius 3 is 2.68 bits per heavy atom. The standard InChI is InChI=1S/C18H19N7/c1-13-4-2-7-19-16(13)24-17-20-10-5-15(23-17)14-6-11-25(12-14)18-21-8-3-9-22-18/h2-5,7-10,14H,6,11-12H2,1H3,(H,19,20,23,24)/t14-/m0/s1. The summed E-state index contributed by atoms with van der Waals surface area (Å²) in [6.45, 7) is 3.80. The van der Waals surface area contributed by atoms with Crippen molar-refractivity contribution in [2.24, 2.45) is 0 Å². The molecule has 0 radical (unpaired) electrons. The van der Waals surface area contributed by atoms with Gasteiger partial charge in [0.1, 0.15) is 5.82 Å². The third-order valence-corrected chi connectivity index (χ3v) is 4.36. The van der Waals surface area contributed by atoms with Crippen molar-refractivity contribution in [3.63, 3.8) is 0 Å². The van der Waals surface area contributed by atoms with Crippen LogP contribution in [0.25, 0.3) is 0 Å². The van der Waals surface area contributed by atoms with Crippen molar-refractivity contribution < 1.29 is 0 Å². The monoisotopic (exact) mass is 333 g/mol. The van der Waals surface area contributed by atoms with Crippen LogP contribution in [0.4, 0.5) is 17.7 Å². The predicted molar refractivity (Wildman–Crippen MR) is 95.9 cm³/mol. The Morgan fingerprint density at radius 2 is 1.84 bits per heavy atom. The molecule has 0 saturated carbocycles. The fourth-order valence-corrected chi connectivity index (χ4v) is 3.02. The van der Waals surface area contributed by atoms with Crippen molar-refractivity contribution in [3.8, 4) is 0 Å². The average molecular weight is 333 g/mol. The summed E-state index contributed by atoms with van der Waals surface area (Å²) in [6, 6.07) is 7.74. The second-order valence-electron chi connectivity index (χ2n) is 6.08. The van der Waals surface area contributed by atoms with Gasteiger partial charge in [0.15, 0.2) is 0 Å². The molecule has 0 unspecified atom stereocenters. The first-order chi connectivity index (χ1) is 12.3. The van der Waals surface area contributed by atoms with Crippen LogP contribution in [0.1, 0.15) is 23.6 Å². The maximum Gasteiger partial charge on any atom is 0.228 e. The number of hydrogen-bond acceptors (Lipinski definition) is 7. The molecule has 1 atom stereocenters. The van der Waals surface area contributed by atoms with E-state index in [0.29, 0.717) is 11.9 Å². The molecule has 0 bridgehead atoms. The molecule has 25 heavy (non-hydrogen) atoms. The smallest absolute Gasteiger partial charge is 0.228 e. The quantitative estimate of drug-likeness (QED) is 0.786. The molecule has 0 amide bonds. The lowest BCUT2D eigenvalue weighted by Crippen LogP contribution is -2.21. The number of nitrogens with one attached hydrogen (secondary N) is 1. The van der Waals surface area contributed by atoms with E-state index in [2.05, 4.69) is 35.1 Å². The van der Waals surface area contributed by atoms with Gasteiger partial charge < -0.3 is 10.2 Å². The van der Waals surface area contributed by atoms with E-state index in [0.717, 1.165) is 42.5 Å². The molecule has 0 aromatic carbocycles. The molecule has 7 nitrogen and oxygen atoms in total. The summed E-state index contributed by atoms with van der Waals surface area (Å²) in [5, 5.41) is 3.21. The number of hydrogen-bond donors (Lipinski definition) is 1. The molecule has 1 aliphatic rings. The Labute approximate surface area is 146 Å². The van der Waals surface area contributed by atoms with Crippen molar-refractivity contribution in [2.75, 3.05) is 23.3 Å². The summed E-state index contributed by atoms with van der Waals surface area (Å²) in [7, 11) is 0. The van der Waals surface area contributed by atoms with Crippen LogP contribution >= 0.6 is 0 Å². The number of aryl methyl sites for hydroxylation is 1. The molecule has 3 aromatic rings. The van der Waals surface area contributed by atoms with E-state index >= 15 is 0 Å². The van der Waals surface area contributed by atoms with Gasteiger partial charge in [-0.3, -0.25) is 0 Å². The number of aromatic nitrogens is 5. The lowest BCUT2D eigenvalue weighted by atomic mass is 10.1. The second-order valence-corrected chi connectivity index (χ2v) is 6.08. The lowest BCUT2D eigenvalue weighted by Gasteiger charge is -2.16. The van der Waals surface area contributed by atoms with Gasteiger partial charge >= 0.3 is 0 Å². The maximum atomic E-state index is 4.69. The van der Waals surface area contributed by atoms with Crippen LogP contribution in [0.3, 0.4) is 0 Å². The van der Waals surface area contributed by atoms with Crippen LogP contribution in [0, 0.1) is 6.92 Å². The van der Waals surface area contributed by atoms with Crippen LogP contribution in [0.2, 0.25) is 0 Å². The molecule has 1 aliphatic heterocycles. The Morgan fingerprint density at radius 1 is 1.00 bits per heavy atom. The summed E-state index contributed by atoms with van der Waals surface area (Å²) in [6.07, 6.45) is 8.13. The largest absolute Gasteiger partial charge is 0.340 e. The van der Waals surface area contributed by atoms with Crippen molar-refractivity contribution >= 4 is 17.7 Å².